The lowest BCUT2D eigenvalue weighted by Gasteiger charge is -2.00. The average molecular weight is 411 g/mol. The van der Waals surface area contributed by atoms with E-state index in [0.29, 0.717) is 0 Å². The molecule has 4 rings (SSSR count). The van der Waals surface area contributed by atoms with Crippen LogP contribution < -0.4 is 5.43 Å². The lowest BCUT2D eigenvalue weighted by molar-refractivity contribution is -0.384. The zero-order valence-corrected chi connectivity index (χ0v) is 16.3. The molecule has 0 radical (unpaired) electrons. The molecule has 0 atom stereocenters. The maximum atomic E-state index is 12.3. The number of nitro benzene ring substituents is 1. The molecule has 1 amide bonds. The lowest BCUT2D eigenvalue weighted by Crippen LogP contribution is -2.17. The highest BCUT2D eigenvalue weighted by Crippen LogP contribution is 2.22. The van der Waals surface area contributed by atoms with E-state index in [-0.39, 0.29) is 11.3 Å². The van der Waals surface area contributed by atoms with Crippen LogP contribution in [0.3, 0.4) is 0 Å². The Bertz CT molecular complexity index is 1230. The van der Waals surface area contributed by atoms with Crippen molar-refractivity contribution in [3.05, 3.63) is 112 Å². The van der Waals surface area contributed by atoms with Gasteiger partial charge in [0.05, 0.1) is 16.8 Å². The molecule has 0 saturated heterocycles. The summed E-state index contributed by atoms with van der Waals surface area (Å²) in [6.45, 7) is 0. The van der Waals surface area contributed by atoms with Gasteiger partial charge in [-0.1, -0.05) is 48.5 Å². The largest absolute Gasteiger partial charge is 0.271 e. The van der Waals surface area contributed by atoms with Crippen molar-refractivity contribution in [3.63, 3.8) is 0 Å². The zero-order chi connectivity index (χ0) is 21.6. The van der Waals surface area contributed by atoms with E-state index in [4.69, 9.17) is 0 Å². The fourth-order valence-corrected chi connectivity index (χ4v) is 2.97. The van der Waals surface area contributed by atoms with Gasteiger partial charge in [-0.05, 0) is 24.3 Å². The summed E-state index contributed by atoms with van der Waals surface area (Å²) in [7, 11) is 0. The summed E-state index contributed by atoms with van der Waals surface area (Å²) < 4.78 is 1.75. The van der Waals surface area contributed by atoms with Crippen molar-refractivity contribution >= 4 is 17.8 Å². The first-order chi connectivity index (χ1) is 15.1. The van der Waals surface area contributed by atoms with Gasteiger partial charge < -0.3 is 0 Å². The van der Waals surface area contributed by atoms with Crippen LogP contribution in [0.2, 0.25) is 0 Å². The highest BCUT2D eigenvalue weighted by Gasteiger charge is 2.12. The number of amides is 1. The fourth-order valence-electron chi connectivity index (χ4n) is 2.97. The fraction of sp³-hybridized carbons (Fsp3) is 0. The molecular weight excluding hydrogens is 394 g/mol. The summed E-state index contributed by atoms with van der Waals surface area (Å²) in [6, 6.07) is 24.7. The van der Waals surface area contributed by atoms with E-state index in [2.05, 4.69) is 15.6 Å². The molecule has 4 aromatic rings. The van der Waals surface area contributed by atoms with Gasteiger partial charge in [-0.2, -0.15) is 10.2 Å². The summed E-state index contributed by atoms with van der Waals surface area (Å²) in [4.78, 5) is 22.5. The van der Waals surface area contributed by atoms with Gasteiger partial charge in [0, 0.05) is 35.0 Å². The molecule has 1 N–H and O–H groups in total. The van der Waals surface area contributed by atoms with E-state index < -0.39 is 10.8 Å². The Kier molecular flexibility index (Phi) is 5.62. The van der Waals surface area contributed by atoms with Crippen molar-refractivity contribution in [2.45, 2.75) is 0 Å². The number of benzene rings is 3. The van der Waals surface area contributed by atoms with Crippen molar-refractivity contribution < 1.29 is 9.72 Å². The molecule has 0 bridgehead atoms. The topological polar surface area (TPSA) is 102 Å². The molecule has 0 aliphatic carbocycles. The third-order valence-electron chi connectivity index (χ3n) is 4.52. The Morgan fingerprint density at radius 1 is 0.968 bits per heavy atom. The van der Waals surface area contributed by atoms with Gasteiger partial charge >= 0.3 is 0 Å². The van der Waals surface area contributed by atoms with Gasteiger partial charge in [0.2, 0.25) is 0 Å². The number of hydrogen-bond donors (Lipinski definition) is 1. The number of aromatic nitrogens is 2. The number of para-hydroxylation sites is 1. The maximum Gasteiger partial charge on any atom is 0.271 e. The van der Waals surface area contributed by atoms with Crippen molar-refractivity contribution in [3.8, 4) is 16.9 Å². The predicted octanol–water partition coefficient (Wildman–Crippen LogP) is 4.21. The van der Waals surface area contributed by atoms with Crippen LogP contribution in [0.25, 0.3) is 16.9 Å². The minimum absolute atomic E-state index is 0.0825. The number of carbonyl (C=O) groups is 1. The van der Waals surface area contributed by atoms with E-state index in [0.717, 1.165) is 22.5 Å². The predicted molar refractivity (Wildman–Crippen MR) is 117 cm³/mol. The van der Waals surface area contributed by atoms with E-state index in [9.17, 15) is 14.9 Å². The standard InChI is InChI=1S/C23H17N5O3/c29-23(18-11-13-21(14-12-18)28(30)31)25-24-15-19-16-27(20-9-5-2-6-10-20)26-22(19)17-7-3-1-4-8-17/h1-16H,(H,25,29)/b24-15+. The highest BCUT2D eigenvalue weighted by molar-refractivity contribution is 5.95. The Morgan fingerprint density at radius 2 is 1.61 bits per heavy atom. The molecule has 0 saturated carbocycles. The summed E-state index contributed by atoms with van der Waals surface area (Å²) >= 11 is 0. The maximum absolute atomic E-state index is 12.3. The van der Waals surface area contributed by atoms with Gasteiger partial charge in [0.1, 0.15) is 5.69 Å². The third-order valence-corrected chi connectivity index (χ3v) is 4.52. The Balaban J connectivity index is 1.58. The van der Waals surface area contributed by atoms with Gasteiger partial charge in [0.15, 0.2) is 0 Å². The van der Waals surface area contributed by atoms with Crippen molar-refractivity contribution in [1.29, 1.82) is 0 Å². The minimum atomic E-state index is -0.519. The van der Waals surface area contributed by atoms with Crippen LogP contribution in [0.4, 0.5) is 5.69 Å². The number of nitrogens with one attached hydrogen (secondary N) is 1. The number of hydrazone groups is 1. The second kappa shape index (κ2) is 8.83. The summed E-state index contributed by atoms with van der Waals surface area (Å²) in [5.74, 6) is -0.470. The molecule has 1 aromatic heterocycles. The van der Waals surface area contributed by atoms with Crippen molar-refractivity contribution in [2.75, 3.05) is 0 Å². The molecule has 0 aliphatic rings. The van der Waals surface area contributed by atoms with Gasteiger partial charge in [-0.3, -0.25) is 14.9 Å². The number of nitrogens with zero attached hydrogens (tertiary/aromatic N) is 4. The molecule has 8 heteroatoms. The van der Waals surface area contributed by atoms with Crippen molar-refractivity contribution in [1.82, 2.24) is 15.2 Å². The molecule has 0 unspecified atom stereocenters. The average Bonchev–Trinajstić information content (AvgIpc) is 3.24. The first kappa shape index (κ1) is 19.7. The molecule has 0 aliphatic heterocycles. The van der Waals surface area contributed by atoms with E-state index in [1.54, 1.807) is 4.68 Å². The van der Waals surface area contributed by atoms with Crippen LogP contribution in [-0.4, -0.2) is 26.8 Å². The van der Waals surface area contributed by atoms with Crippen LogP contribution in [0.15, 0.2) is 96.2 Å². The number of nitro groups is 1. The second-order valence-corrected chi connectivity index (χ2v) is 6.58. The van der Waals surface area contributed by atoms with E-state index in [1.807, 2.05) is 66.9 Å². The minimum Gasteiger partial charge on any atom is -0.267 e. The molecule has 152 valence electrons. The number of hydrogen-bond acceptors (Lipinski definition) is 5. The Labute approximate surface area is 177 Å². The first-order valence-electron chi connectivity index (χ1n) is 9.40. The monoisotopic (exact) mass is 411 g/mol. The lowest BCUT2D eigenvalue weighted by atomic mass is 10.1. The molecule has 31 heavy (non-hydrogen) atoms. The quantitative estimate of drug-likeness (QED) is 0.292. The molecule has 3 aromatic carbocycles. The molecule has 0 spiro atoms. The normalized spacial score (nSPS) is 10.8. The van der Waals surface area contributed by atoms with Crippen LogP contribution in [0.5, 0.6) is 0 Å². The smallest absolute Gasteiger partial charge is 0.267 e. The SMILES string of the molecule is O=C(N/N=C/c1cn(-c2ccccc2)nc1-c1ccccc1)c1ccc([N+](=O)[O-])cc1. The summed E-state index contributed by atoms with van der Waals surface area (Å²) in [5.41, 5.74) is 5.89. The van der Waals surface area contributed by atoms with Gasteiger partial charge in [-0.25, -0.2) is 10.1 Å². The van der Waals surface area contributed by atoms with Crippen LogP contribution in [-0.2, 0) is 0 Å². The third kappa shape index (κ3) is 4.54. The van der Waals surface area contributed by atoms with Crippen molar-refractivity contribution in [2.24, 2.45) is 5.10 Å². The Hall–Kier alpha value is -4.59. The Morgan fingerprint density at radius 3 is 2.26 bits per heavy atom. The van der Waals surface area contributed by atoms with E-state index in [1.165, 1.54) is 30.5 Å². The number of carbonyl (C=O) groups excluding carboxylic acids is 1. The zero-order valence-electron chi connectivity index (χ0n) is 16.3. The van der Waals surface area contributed by atoms with Gasteiger partial charge in [-0.15, -0.1) is 0 Å². The van der Waals surface area contributed by atoms with Crippen LogP contribution >= 0.6 is 0 Å². The second-order valence-electron chi connectivity index (χ2n) is 6.58. The molecule has 1 heterocycles. The summed E-state index contributed by atoms with van der Waals surface area (Å²) in [5, 5.41) is 19.5. The number of non-ortho nitro benzene ring substituents is 1. The summed E-state index contributed by atoms with van der Waals surface area (Å²) in [6.07, 6.45) is 3.36. The van der Waals surface area contributed by atoms with Crippen LogP contribution in [0, 0.1) is 10.1 Å². The number of rotatable bonds is 6. The highest BCUT2D eigenvalue weighted by atomic mass is 16.6. The van der Waals surface area contributed by atoms with E-state index >= 15 is 0 Å². The molecule has 8 nitrogen and oxygen atoms in total. The molecule has 0 fully saturated rings. The van der Waals surface area contributed by atoms with Crippen LogP contribution in [0.1, 0.15) is 15.9 Å². The molecular formula is C23H17N5O3. The van der Waals surface area contributed by atoms with Gasteiger partial charge in [0.25, 0.3) is 11.6 Å². The first-order valence-corrected chi connectivity index (χ1v) is 9.40.